The maximum Gasteiger partial charge on any atom is 0.374 e. The minimum absolute atomic E-state index is 0.0268. The molecule has 0 saturated carbocycles. The van der Waals surface area contributed by atoms with E-state index in [9.17, 15) is 9.36 Å². The van der Waals surface area contributed by atoms with Gasteiger partial charge >= 0.3 is 13.6 Å². The van der Waals surface area contributed by atoms with Crippen molar-refractivity contribution in [1.29, 1.82) is 5.26 Å². The SMILES string of the molecule is CC(C)N(OP(=O)(CC(=O)OC(C)(C)CC#N)ON(C(C)C)C(C)C)C(C)C. The average molecular weight is 420 g/mol. The van der Waals surface area contributed by atoms with Crippen molar-refractivity contribution in [2.24, 2.45) is 0 Å². The normalized spacial score (nSPS) is 13.2. The quantitative estimate of drug-likeness (QED) is 0.259. The molecular formula is C19H38N3O5P. The van der Waals surface area contributed by atoms with E-state index in [4.69, 9.17) is 19.2 Å². The van der Waals surface area contributed by atoms with Crippen molar-refractivity contribution < 1.29 is 23.3 Å². The molecule has 164 valence electrons. The molecule has 0 N–H and O–H groups in total. The molecule has 9 heteroatoms. The van der Waals surface area contributed by atoms with Gasteiger partial charge < -0.3 is 4.74 Å². The highest BCUT2D eigenvalue weighted by molar-refractivity contribution is 7.54. The summed E-state index contributed by atoms with van der Waals surface area (Å²) in [7, 11) is -3.91. The topological polar surface area (TPSA) is 92.1 Å². The minimum Gasteiger partial charge on any atom is -0.458 e. The van der Waals surface area contributed by atoms with Crippen molar-refractivity contribution in [2.45, 2.75) is 105 Å². The zero-order valence-electron chi connectivity index (χ0n) is 19.1. The van der Waals surface area contributed by atoms with Crippen molar-refractivity contribution in [3.8, 4) is 6.07 Å². The molecule has 0 bridgehead atoms. The summed E-state index contributed by atoms with van der Waals surface area (Å²) in [6.45, 7) is 18.5. The Bertz CT molecular complexity index is 543. The van der Waals surface area contributed by atoms with Gasteiger partial charge in [0.1, 0.15) is 5.60 Å². The van der Waals surface area contributed by atoms with Crippen LogP contribution >= 0.6 is 7.60 Å². The van der Waals surface area contributed by atoms with Gasteiger partial charge in [-0.1, -0.05) is 0 Å². The highest BCUT2D eigenvalue weighted by Gasteiger charge is 2.39. The number of ether oxygens (including phenoxy) is 1. The van der Waals surface area contributed by atoms with Crippen LogP contribution in [0.2, 0.25) is 0 Å². The number of hydroxylamine groups is 4. The number of rotatable bonds is 12. The van der Waals surface area contributed by atoms with E-state index in [-0.39, 0.29) is 30.6 Å². The van der Waals surface area contributed by atoms with Gasteiger partial charge in [0.05, 0.1) is 12.5 Å². The lowest BCUT2D eigenvalue weighted by Gasteiger charge is -2.36. The second-order valence-electron chi connectivity index (χ2n) is 8.60. The van der Waals surface area contributed by atoms with E-state index in [0.717, 1.165) is 0 Å². The van der Waals surface area contributed by atoms with E-state index < -0.39 is 25.3 Å². The summed E-state index contributed by atoms with van der Waals surface area (Å²) in [5, 5.41) is 12.0. The van der Waals surface area contributed by atoms with Crippen molar-refractivity contribution in [2.75, 3.05) is 6.16 Å². The molecule has 0 heterocycles. The van der Waals surface area contributed by atoms with Crippen LogP contribution in [0, 0.1) is 11.3 Å². The molecule has 0 aromatic heterocycles. The highest BCUT2D eigenvalue weighted by atomic mass is 31.2. The van der Waals surface area contributed by atoms with E-state index in [1.807, 2.05) is 61.5 Å². The van der Waals surface area contributed by atoms with Gasteiger partial charge in [-0.3, -0.25) is 9.36 Å². The van der Waals surface area contributed by atoms with Crippen LogP contribution < -0.4 is 0 Å². The van der Waals surface area contributed by atoms with Crippen molar-refractivity contribution in [3.05, 3.63) is 0 Å². The average Bonchev–Trinajstić information content (AvgIpc) is 2.48. The van der Waals surface area contributed by atoms with Gasteiger partial charge in [0, 0.05) is 24.2 Å². The lowest BCUT2D eigenvalue weighted by Crippen LogP contribution is -2.41. The van der Waals surface area contributed by atoms with Crippen molar-refractivity contribution in [1.82, 2.24) is 10.1 Å². The number of nitrogens with zero attached hydrogens (tertiary/aromatic N) is 3. The van der Waals surface area contributed by atoms with Gasteiger partial charge in [0.2, 0.25) is 0 Å². The molecule has 0 aromatic carbocycles. The molecule has 0 atom stereocenters. The van der Waals surface area contributed by atoms with E-state index in [1.165, 1.54) is 0 Å². The lowest BCUT2D eigenvalue weighted by atomic mass is 10.1. The van der Waals surface area contributed by atoms with Crippen LogP contribution in [0.25, 0.3) is 0 Å². The molecule has 0 aliphatic carbocycles. The van der Waals surface area contributed by atoms with E-state index in [1.54, 1.807) is 24.0 Å². The van der Waals surface area contributed by atoms with Crippen molar-refractivity contribution in [3.63, 3.8) is 0 Å². The number of carbonyl (C=O) groups is 1. The Morgan fingerprint density at radius 1 is 0.929 bits per heavy atom. The molecule has 0 aliphatic rings. The Labute approximate surface area is 170 Å². The molecule has 0 amide bonds. The first kappa shape index (κ1) is 27.0. The third kappa shape index (κ3) is 9.49. The Kier molecular flexibility index (Phi) is 10.9. The minimum atomic E-state index is -3.91. The van der Waals surface area contributed by atoms with E-state index in [0.29, 0.717) is 0 Å². The molecule has 0 aliphatic heterocycles. The smallest absolute Gasteiger partial charge is 0.374 e. The molecule has 0 unspecified atom stereocenters. The molecule has 0 saturated heterocycles. The van der Waals surface area contributed by atoms with Gasteiger partial charge in [-0.2, -0.15) is 15.4 Å². The molecule has 8 nitrogen and oxygen atoms in total. The highest BCUT2D eigenvalue weighted by Crippen LogP contribution is 2.51. The molecule has 0 spiro atoms. The predicted octanol–water partition coefficient (Wildman–Crippen LogP) is 4.52. The van der Waals surface area contributed by atoms with Crippen LogP contribution in [0.5, 0.6) is 0 Å². The van der Waals surface area contributed by atoms with Gasteiger partial charge in [0.25, 0.3) is 0 Å². The Morgan fingerprint density at radius 2 is 1.29 bits per heavy atom. The van der Waals surface area contributed by atoms with Crippen LogP contribution in [0.1, 0.15) is 75.7 Å². The van der Waals surface area contributed by atoms with E-state index in [2.05, 4.69) is 0 Å². The summed E-state index contributed by atoms with van der Waals surface area (Å²) in [4.78, 5) is 12.5. The molecule has 0 radical (unpaired) electrons. The fourth-order valence-corrected chi connectivity index (χ4v) is 4.51. The van der Waals surface area contributed by atoms with Crippen LogP contribution in [-0.4, -0.2) is 52.0 Å². The molecule has 0 aromatic rings. The largest absolute Gasteiger partial charge is 0.458 e. The summed E-state index contributed by atoms with van der Waals surface area (Å²) >= 11 is 0. The summed E-state index contributed by atoms with van der Waals surface area (Å²) in [6.07, 6.45) is -0.521. The monoisotopic (exact) mass is 419 g/mol. The van der Waals surface area contributed by atoms with Crippen LogP contribution in [0.4, 0.5) is 0 Å². The van der Waals surface area contributed by atoms with Crippen LogP contribution in [0.15, 0.2) is 0 Å². The summed E-state index contributed by atoms with van der Waals surface area (Å²) in [6, 6.07) is 1.68. The number of nitriles is 1. The van der Waals surface area contributed by atoms with Crippen molar-refractivity contribution >= 4 is 13.6 Å². The molecule has 0 rings (SSSR count). The fourth-order valence-electron chi connectivity index (χ4n) is 2.65. The molecule has 0 fully saturated rings. The second kappa shape index (κ2) is 11.3. The molecule has 28 heavy (non-hydrogen) atoms. The maximum atomic E-state index is 13.6. The second-order valence-corrected chi connectivity index (χ2v) is 10.5. The lowest BCUT2D eigenvalue weighted by molar-refractivity contribution is -0.172. The maximum absolute atomic E-state index is 13.6. The standard InChI is InChI=1S/C19H38N3O5P/c1-14(2)21(15(3)4)26-28(24,27-22(16(5)6)17(7)8)13-18(23)25-19(9,10)11-12-20/h14-17H,11,13H2,1-10H3. The predicted molar refractivity (Wildman–Crippen MR) is 109 cm³/mol. The van der Waals surface area contributed by atoms with Crippen LogP contribution in [0.3, 0.4) is 0 Å². The summed E-state index contributed by atoms with van der Waals surface area (Å²) in [5.74, 6) is -0.733. The van der Waals surface area contributed by atoms with Gasteiger partial charge in [0.15, 0.2) is 6.16 Å². The van der Waals surface area contributed by atoms with Gasteiger partial charge in [-0.25, -0.2) is 9.25 Å². The third-order valence-corrected chi connectivity index (χ3v) is 5.21. The first-order chi connectivity index (χ1) is 12.6. The number of hydrogen-bond donors (Lipinski definition) is 0. The Morgan fingerprint density at radius 3 is 1.57 bits per heavy atom. The van der Waals surface area contributed by atoms with Gasteiger partial charge in [-0.15, -0.1) is 0 Å². The Balaban J connectivity index is 5.69. The number of hydrogen-bond acceptors (Lipinski definition) is 8. The van der Waals surface area contributed by atoms with Gasteiger partial charge in [-0.05, 0) is 69.2 Å². The zero-order chi connectivity index (χ0) is 22.3. The summed E-state index contributed by atoms with van der Waals surface area (Å²) < 4.78 is 30.6. The first-order valence-electron chi connectivity index (χ1n) is 9.78. The zero-order valence-corrected chi connectivity index (χ0v) is 19.9. The fraction of sp³-hybridized carbons (Fsp3) is 0.895. The van der Waals surface area contributed by atoms with E-state index >= 15 is 0 Å². The molecular weight excluding hydrogens is 381 g/mol. The van der Waals surface area contributed by atoms with Crippen LogP contribution in [-0.2, 0) is 23.3 Å². The Hall–Kier alpha value is -0.970. The summed E-state index contributed by atoms with van der Waals surface area (Å²) in [5.41, 5.74) is -0.984. The first-order valence-corrected chi connectivity index (χ1v) is 11.5. The number of esters is 1. The number of carbonyl (C=O) groups excluding carboxylic acids is 1. The third-order valence-electron chi connectivity index (χ3n) is 3.69.